The van der Waals surface area contributed by atoms with Crippen LogP contribution in [0.15, 0.2) is 41.5 Å². The first kappa shape index (κ1) is 17.9. The summed E-state index contributed by atoms with van der Waals surface area (Å²) in [4.78, 5) is 11.7. The number of nitrogens with zero attached hydrogens (tertiary/aromatic N) is 1. The molecule has 8 heteroatoms. The number of phenols is 2. The summed E-state index contributed by atoms with van der Waals surface area (Å²) in [7, 11) is 2.86. The first-order valence-electron chi connectivity index (χ1n) is 7.22. The first-order valence-corrected chi connectivity index (χ1v) is 7.22. The van der Waals surface area contributed by atoms with E-state index < -0.39 is 5.91 Å². The minimum atomic E-state index is -0.475. The Balaban J connectivity index is 1.91. The van der Waals surface area contributed by atoms with Gasteiger partial charge in [0, 0.05) is 5.56 Å². The van der Waals surface area contributed by atoms with E-state index in [9.17, 15) is 15.0 Å². The molecule has 0 aromatic heterocycles. The van der Waals surface area contributed by atoms with Gasteiger partial charge < -0.3 is 24.4 Å². The van der Waals surface area contributed by atoms with Crippen LogP contribution in [0.5, 0.6) is 28.7 Å². The maximum atomic E-state index is 11.7. The molecule has 0 bridgehead atoms. The highest BCUT2D eigenvalue weighted by molar-refractivity contribution is 5.84. The Morgan fingerprint density at radius 1 is 1.12 bits per heavy atom. The van der Waals surface area contributed by atoms with Crippen LogP contribution < -0.4 is 19.6 Å². The fraction of sp³-hybridized carbons (Fsp3) is 0.176. The highest BCUT2D eigenvalue weighted by atomic mass is 16.5. The fourth-order valence-electron chi connectivity index (χ4n) is 1.94. The van der Waals surface area contributed by atoms with Crippen LogP contribution in [-0.2, 0) is 4.79 Å². The van der Waals surface area contributed by atoms with Gasteiger partial charge in [0.2, 0.25) is 5.75 Å². The van der Waals surface area contributed by atoms with Crippen molar-refractivity contribution >= 4 is 12.1 Å². The van der Waals surface area contributed by atoms with Gasteiger partial charge >= 0.3 is 0 Å². The predicted octanol–water partition coefficient (Wildman–Crippen LogP) is 1.64. The second kappa shape index (κ2) is 8.44. The molecule has 3 N–H and O–H groups in total. The summed E-state index contributed by atoms with van der Waals surface area (Å²) in [5.74, 6) is -0.146. The van der Waals surface area contributed by atoms with Crippen LogP contribution in [0.3, 0.4) is 0 Å². The molecule has 0 radical (unpaired) electrons. The summed E-state index contributed by atoms with van der Waals surface area (Å²) in [5, 5.41) is 22.9. The van der Waals surface area contributed by atoms with E-state index in [-0.39, 0.29) is 23.9 Å². The number of hydrogen-bond donors (Lipinski definition) is 3. The van der Waals surface area contributed by atoms with Gasteiger partial charge in [-0.3, -0.25) is 4.79 Å². The second-order valence-electron chi connectivity index (χ2n) is 4.82. The van der Waals surface area contributed by atoms with E-state index in [0.717, 1.165) is 0 Å². The van der Waals surface area contributed by atoms with Gasteiger partial charge in [-0.05, 0) is 24.3 Å². The Bertz CT molecular complexity index is 776. The van der Waals surface area contributed by atoms with Crippen LogP contribution >= 0.6 is 0 Å². The van der Waals surface area contributed by atoms with E-state index in [4.69, 9.17) is 14.2 Å². The Kier molecular flexibility index (Phi) is 6.05. The number of ether oxygens (including phenoxy) is 3. The van der Waals surface area contributed by atoms with Crippen LogP contribution in [0.4, 0.5) is 0 Å². The molecule has 25 heavy (non-hydrogen) atoms. The molecule has 0 aliphatic carbocycles. The van der Waals surface area contributed by atoms with Gasteiger partial charge in [-0.1, -0.05) is 12.1 Å². The van der Waals surface area contributed by atoms with Gasteiger partial charge in [0.05, 0.1) is 20.4 Å². The molecule has 0 fully saturated rings. The van der Waals surface area contributed by atoms with E-state index in [1.807, 2.05) is 0 Å². The molecule has 0 atom stereocenters. The molecule has 0 unspecified atom stereocenters. The molecule has 0 saturated carbocycles. The van der Waals surface area contributed by atoms with Crippen molar-refractivity contribution in [2.45, 2.75) is 0 Å². The minimum Gasteiger partial charge on any atom is -0.504 e. The lowest BCUT2D eigenvalue weighted by atomic mass is 10.2. The normalized spacial score (nSPS) is 10.5. The van der Waals surface area contributed by atoms with E-state index >= 15 is 0 Å². The molecule has 2 aromatic rings. The van der Waals surface area contributed by atoms with Crippen molar-refractivity contribution in [3.63, 3.8) is 0 Å². The van der Waals surface area contributed by atoms with E-state index in [1.54, 1.807) is 24.3 Å². The average molecular weight is 346 g/mol. The number of carbonyl (C=O) groups excluding carboxylic acids is 1. The van der Waals surface area contributed by atoms with Crippen molar-refractivity contribution in [1.29, 1.82) is 0 Å². The Morgan fingerprint density at radius 2 is 1.80 bits per heavy atom. The van der Waals surface area contributed by atoms with E-state index in [1.165, 1.54) is 32.6 Å². The molecule has 0 heterocycles. The zero-order valence-corrected chi connectivity index (χ0v) is 13.7. The number of nitrogens with one attached hydrogen (secondary N) is 1. The average Bonchev–Trinajstić information content (AvgIpc) is 2.62. The number of amides is 1. The minimum absolute atomic E-state index is 0.0901. The number of hydrazone groups is 1. The Labute approximate surface area is 144 Å². The summed E-state index contributed by atoms with van der Waals surface area (Å²) >= 11 is 0. The van der Waals surface area contributed by atoms with E-state index in [2.05, 4.69) is 10.5 Å². The van der Waals surface area contributed by atoms with Gasteiger partial charge in [-0.25, -0.2) is 5.43 Å². The van der Waals surface area contributed by atoms with Gasteiger partial charge in [0.1, 0.15) is 0 Å². The second-order valence-corrected chi connectivity index (χ2v) is 4.82. The largest absolute Gasteiger partial charge is 0.504 e. The van der Waals surface area contributed by atoms with Crippen molar-refractivity contribution in [3.8, 4) is 28.7 Å². The number of benzene rings is 2. The lowest BCUT2D eigenvalue weighted by Crippen LogP contribution is -2.24. The maximum absolute atomic E-state index is 11.7. The van der Waals surface area contributed by atoms with Crippen molar-refractivity contribution < 1.29 is 29.2 Å². The molecule has 8 nitrogen and oxygen atoms in total. The van der Waals surface area contributed by atoms with Crippen molar-refractivity contribution in [2.75, 3.05) is 20.8 Å². The standard InChI is InChI=1S/C17H18N2O6/c1-23-13-5-3-4-6-14(13)25-10-16(21)19-18-9-11-7-12(20)17(22)15(8-11)24-2/h3-9,20,22H,10H2,1-2H3,(H,19,21)/b18-9+. The fourth-order valence-corrected chi connectivity index (χ4v) is 1.94. The molecular formula is C17H18N2O6. The topological polar surface area (TPSA) is 110 Å². The summed E-state index contributed by atoms with van der Waals surface area (Å²) in [5.41, 5.74) is 2.72. The molecule has 0 aliphatic rings. The van der Waals surface area contributed by atoms with Gasteiger partial charge in [0.15, 0.2) is 29.6 Å². The maximum Gasteiger partial charge on any atom is 0.277 e. The third-order valence-corrected chi connectivity index (χ3v) is 3.13. The van der Waals surface area contributed by atoms with Crippen LogP contribution in [-0.4, -0.2) is 43.2 Å². The predicted molar refractivity (Wildman–Crippen MR) is 90.5 cm³/mol. The molecule has 132 valence electrons. The summed E-state index contributed by atoms with van der Waals surface area (Å²) in [6.45, 7) is -0.248. The summed E-state index contributed by atoms with van der Waals surface area (Å²) in [6.07, 6.45) is 1.29. The molecular weight excluding hydrogens is 328 g/mol. The number of para-hydroxylation sites is 2. The number of phenolic OH excluding ortho intramolecular Hbond substituents is 2. The van der Waals surface area contributed by atoms with Crippen LogP contribution in [0.1, 0.15) is 5.56 Å². The number of carbonyl (C=O) groups is 1. The number of methoxy groups -OCH3 is 2. The molecule has 0 saturated heterocycles. The van der Waals surface area contributed by atoms with Crippen molar-refractivity contribution in [3.05, 3.63) is 42.0 Å². The number of aromatic hydroxyl groups is 2. The highest BCUT2D eigenvalue weighted by Gasteiger charge is 2.09. The highest BCUT2D eigenvalue weighted by Crippen LogP contribution is 2.35. The smallest absolute Gasteiger partial charge is 0.277 e. The quantitative estimate of drug-likeness (QED) is 0.399. The number of rotatable bonds is 7. The Morgan fingerprint density at radius 3 is 2.48 bits per heavy atom. The van der Waals surface area contributed by atoms with Gasteiger partial charge in [0.25, 0.3) is 5.91 Å². The van der Waals surface area contributed by atoms with Gasteiger partial charge in [-0.15, -0.1) is 0 Å². The third kappa shape index (κ3) is 4.77. The van der Waals surface area contributed by atoms with Crippen LogP contribution in [0.2, 0.25) is 0 Å². The lowest BCUT2D eigenvalue weighted by Gasteiger charge is -2.09. The molecule has 0 aliphatic heterocycles. The monoisotopic (exact) mass is 346 g/mol. The van der Waals surface area contributed by atoms with Crippen molar-refractivity contribution in [2.24, 2.45) is 5.10 Å². The molecule has 0 spiro atoms. The molecule has 1 amide bonds. The summed E-state index contributed by atoms with van der Waals surface area (Å²) in [6, 6.07) is 9.68. The molecule has 2 aromatic carbocycles. The molecule has 2 rings (SSSR count). The lowest BCUT2D eigenvalue weighted by molar-refractivity contribution is -0.123. The zero-order chi connectivity index (χ0) is 18.2. The van der Waals surface area contributed by atoms with Gasteiger partial charge in [-0.2, -0.15) is 5.10 Å². The van der Waals surface area contributed by atoms with Crippen LogP contribution in [0.25, 0.3) is 0 Å². The van der Waals surface area contributed by atoms with Crippen molar-refractivity contribution in [1.82, 2.24) is 5.43 Å². The van der Waals surface area contributed by atoms with E-state index in [0.29, 0.717) is 17.1 Å². The first-order chi connectivity index (χ1) is 12.0. The Hall–Kier alpha value is -3.42. The summed E-state index contributed by atoms with van der Waals surface area (Å²) < 4.78 is 15.4. The number of hydrogen-bond acceptors (Lipinski definition) is 7. The third-order valence-electron chi connectivity index (χ3n) is 3.13. The SMILES string of the molecule is COc1ccccc1OCC(=O)N/N=C/c1cc(O)c(O)c(OC)c1. The zero-order valence-electron chi connectivity index (χ0n) is 13.7. The van der Waals surface area contributed by atoms with Crippen LogP contribution in [0, 0.1) is 0 Å².